The normalized spacial score (nSPS) is 14.5. The van der Waals surface area contributed by atoms with Gasteiger partial charge in [-0.05, 0) is 37.0 Å². The van der Waals surface area contributed by atoms with Gasteiger partial charge in [0.1, 0.15) is 0 Å². The molecule has 150 valence electrons. The van der Waals surface area contributed by atoms with Crippen molar-refractivity contribution in [2.24, 2.45) is 5.92 Å². The fraction of sp³-hybridized carbons (Fsp3) is 0.450. The molecule has 1 aromatic heterocycles. The van der Waals surface area contributed by atoms with E-state index in [1.807, 2.05) is 6.07 Å². The molecule has 2 heterocycles. The first-order valence-corrected chi connectivity index (χ1v) is 9.27. The zero-order valence-electron chi connectivity index (χ0n) is 16.5. The van der Waals surface area contributed by atoms with E-state index in [0.29, 0.717) is 35.3 Å². The van der Waals surface area contributed by atoms with E-state index in [-0.39, 0.29) is 5.91 Å². The van der Waals surface area contributed by atoms with Gasteiger partial charge in [0.05, 0.1) is 26.9 Å². The molecule has 1 aliphatic rings. The molecule has 8 heteroatoms. The number of rotatable bonds is 7. The summed E-state index contributed by atoms with van der Waals surface area (Å²) in [5.74, 6) is 2.29. The third kappa shape index (κ3) is 4.27. The Labute approximate surface area is 164 Å². The molecule has 1 aliphatic heterocycles. The van der Waals surface area contributed by atoms with E-state index >= 15 is 0 Å². The smallest absolute Gasteiger partial charge is 0.255 e. The summed E-state index contributed by atoms with van der Waals surface area (Å²) in [6, 6.07) is 5.20. The SMILES string of the molecule is COc1ccc(C(=O)NCC2CCN(c3ncccn3)CC2)c(OC)c1OC. The van der Waals surface area contributed by atoms with Gasteiger partial charge in [0.25, 0.3) is 5.91 Å². The van der Waals surface area contributed by atoms with Crippen molar-refractivity contribution in [1.82, 2.24) is 15.3 Å². The fourth-order valence-electron chi connectivity index (χ4n) is 3.40. The molecule has 0 bridgehead atoms. The summed E-state index contributed by atoms with van der Waals surface area (Å²) in [6.07, 6.45) is 5.46. The third-order valence-corrected chi connectivity index (χ3v) is 4.95. The van der Waals surface area contributed by atoms with E-state index in [9.17, 15) is 4.79 Å². The first-order chi connectivity index (χ1) is 13.7. The Morgan fingerprint density at radius 1 is 1.07 bits per heavy atom. The predicted octanol–water partition coefficient (Wildman–Crippen LogP) is 2.15. The van der Waals surface area contributed by atoms with Crippen LogP contribution in [0.3, 0.4) is 0 Å². The van der Waals surface area contributed by atoms with E-state index < -0.39 is 0 Å². The molecule has 0 saturated carbocycles. The molecule has 8 nitrogen and oxygen atoms in total. The number of benzene rings is 1. The van der Waals surface area contributed by atoms with Crippen molar-refractivity contribution in [2.75, 3.05) is 45.9 Å². The molecule has 1 saturated heterocycles. The van der Waals surface area contributed by atoms with Gasteiger partial charge in [0, 0.05) is 32.0 Å². The van der Waals surface area contributed by atoms with Crippen LogP contribution in [0.25, 0.3) is 0 Å². The lowest BCUT2D eigenvalue weighted by molar-refractivity contribution is 0.0941. The van der Waals surface area contributed by atoms with Crippen molar-refractivity contribution in [3.8, 4) is 17.2 Å². The summed E-state index contributed by atoms with van der Waals surface area (Å²) in [4.78, 5) is 23.5. The molecule has 0 unspecified atom stereocenters. The molecular formula is C20H26N4O4. The quantitative estimate of drug-likeness (QED) is 0.780. The van der Waals surface area contributed by atoms with Crippen LogP contribution in [0.1, 0.15) is 23.2 Å². The van der Waals surface area contributed by atoms with Gasteiger partial charge in [-0.1, -0.05) is 0 Å². The molecule has 2 aromatic rings. The number of methoxy groups -OCH3 is 3. The number of amides is 1. The maximum Gasteiger partial charge on any atom is 0.255 e. The van der Waals surface area contributed by atoms with Gasteiger partial charge in [-0.15, -0.1) is 0 Å². The Hall–Kier alpha value is -3.03. The van der Waals surface area contributed by atoms with Crippen LogP contribution in [-0.2, 0) is 0 Å². The minimum Gasteiger partial charge on any atom is -0.493 e. The van der Waals surface area contributed by atoms with Crippen LogP contribution in [-0.4, -0.2) is 56.8 Å². The van der Waals surface area contributed by atoms with Crippen molar-refractivity contribution in [3.63, 3.8) is 0 Å². The molecular weight excluding hydrogens is 360 g/mol. The molecule has 0 radical (unpaired) electrons. The maximum absolute atomic E-state index is 12.7. The van der Waals surface area contributed by atoms with E-state index in [4.69, 9.17) is 14.2 Å². The van der Waals surface area contributed by atoms with E-state index in [1.54, 1.807) is 31.6 Å². The number of hydrogen-bond donors (Lipinski definition) is 1. The number of aromatic nitrogens is 2. The minimum absolute atomic E-state index is 0.188. The molecule has 3 rings (SSSR count). The van der Waals surface area contributed by atoms with Crippen molar-refractivity contribution >= 4 is 11.9 Å². The lowest BCUT2D eigenvalue weighted by Crippen LogP contribution is -2.39. The van der Waals surface area contributed by atoms with Crippen LogP contribution in [0.15, 0.2) is 30.6 Å². The number of ether oxygens (including phenoxy) is 3. The molecule has 28 heavy (non-hydrogen) atoms. The number of hydrogen-bond acceptors (Lipinski definition) is 7. The van der Waals surface area contributed by atoms with Crippen molar-refractivity contribution < 1.29 is 19.0 Å². The van der Waals surface area contributed by atoms with E-state index in [1.165, 1.54) is 14.2 Å². The molecule has 0 atom stereocenters. The van der Waals surface area contributed by atoms with Crippen molar-refractivity contribution in [2.45, 2.75) is 12.8 Å². The van der Waals surface area contributed by atoms with Crippen molar-refractivity contribution in [3.05, 3.63) is 36.2 Å². The first-order valence-electron chi connectivity index (χ1n) is 9.27. The van der Waals surface area contributed by atoms with Gasteiger partial charge in [-0.3, -0.25) is 4.79 Å². The number of carbonyl (C=O) groups excluding carboxylic acids is 1. The summed E-state index contributed by atoms with van der Waals surface area (Å²) in [6.45, 7) is 2.37. The third-order valence-electron chi connectivity index (χ3n) is 4.95. The van der Waals surface area contributed by atoms with Gasteiger partial charge < -0.3 is 24.4 Å². The second kappa shape index (κ2) is 9.25. The summed E-state index contributed by atoms with van der Waals surface area (Å²) >= 11 is 0. The van der Waals surface area contributed by atoms with Crippen LogP contribution in [0, 0.1) is 5.92 Å². The van der Waals surface area contributed by atoms with Gasteiger partial charge in [0.15, 0.2) is 11.5 Å². The highest BCUT2D eigenvalue weighted by Crippen LogP contribution is 2.39. The molecule has 1 fully saturated rings. The molecule has 0 spiro atoms. The largest absolute Gasteiger partial charge is 0.493 e. The Bertz CT molecular complexity index is 792. The predicted molar refractivity (Wildman–Crippen MR) is 105 cm³/mol. The average molecular weight is 386 g/mol. The summed E-state index contributed by atoms with van der Waals surface area (Å²) in [5.41, 5.74) is 0.426. The summed E-state index contributed by atoms with van der Waals surface area (Å²) < 4.78 is 16.0. The van der Waals surface area contributed by atoms with Crippen LogP contribution < -0.4 is 24.4 Å². The summed E-state index contributed by atoms with van der Waals surface area (Å²) in [7, 11) is 4.58. The van der Waals surface area contributed by atoms with Gasteiger partial charge in [-0.2, -0.15) is 0 Å². The Kier molecular flexibility index (Phi) is 6.52. The lowest BCUT2D eigenvalue weighted by atomic mass is 9.97. The highest BCUT2D eigenvalue weighted by molar-refractivity contribution is 5.98. The lowest BCUT2D eigenvalue weighted by Gasteiger charge is -2.32. The standard InChI is InChI=1S/C20H26N4O4/c1-26-16-6-5-15(17(27-2)18(16)28-3)19(25)23-13-14-7-11-24(12-8-14)20-21-9-4-10-22-20/h4-6,9-10,14H,7-8,11-13H2,1-3H3,(H,23,25). The van der Waals surface area contributed by atoms with Gasteiger partial charge in [0.2, 0.25) is 11.7 Å². The Morgan fingerprint density at radius 3 is 2.36 bits per heavy atom. The minimum atomic E-state index is -0.188. The average Bonchev–Trinajstić information content (AvgIpc) is 2.77. The highest BCUT2D eigenvalue weighted by atomic mass is 16.5. The fourth-order valence-corrected chi connectivity index (χ4v) is 3.40. The zero-order chi connectivity index (χ0) is 19.9. The first kappa shape index (κ1) is 19.7. The number of piperidine rings is 1. The van der Waals surface area contributed by atoms with Crippen LogP contribution in [0.2, 0.25) is 0 Å². The Morgan fingerprint density at radius 2 is 1.75 bits per heavy atom. The van der Waals surface area contributed by atoms with E-state index in [0.717, 1.165) is 31.9 Å². The molecule has 1 amide bonds. The van der Waals surface area contributed by atoms with Crippen LogP contribution in [0.4, 0.5) is 5.95 Å². The second-order valence-corrected chi connectivity index (χ2v) is 6.57. The number of nitrogens with one attached hydrogen (secondary N) is 1. The van der Waals surface area contributed by atoms with Crippen LogP contribution >= 0.6 is 0 Å². The Balaban J connectivity index is 1.58. The monoisotopic (exact) mass is 386 g/mol. The van der Waals surface area contributed by atoms with Crippen LogP contribution in [0.5, 0.6) is 17.2 Å². The molecule has 1 N–H and O–H groups in total. The highest BCUT2D eigenvalue weighted by Gasteiger charge is 2.24. The summed E-state index contributed by atoms with van der Waals surface area (Å²) in [5, 5.41) is 3.02. The second-order valence-electron chi connectivity index (χ2n) is 6.57. The number of nitrogens with zero attached hydrogens (tertiary/aromatic N) is 3. The van der Waals surface area contributed by atoms with E-state index in [2.05, 4.69) is 20.2 Å². The maximum atomic E-state index is 12.7. The van der Waals surface area contributed by atoms with Crippen molar-refractivity contribution in [1.29, 1.82) is 0 Å². The zero-order valence-corrected chi connectivity index (χ0v) is 16.5. The number of anilines is 1. The number of carbonyl (C=O) groups is 1. The molecule has 1 aromatic carbocycles. The van der Waals surface area contributed by atoms with Gasteiger partial charge in [-0.25, -0.2) is 9.97 Å². The van der Waals surface area contributed by atoms with Gasteiger partial charge >= 0.3 is 0 Å². The topological polar surface area (TPSA) is 85.8 Å². The molecule has 0 aliphatic carbocycles.